The van der Waals surface area contributed by atoms with Crippen molar-refractivity contribution in [1.29, 1.82) is 0 Å². The zero-order chi connectivity index (χ0) is 33.1. The Morgan fingerprint density at radius 2 is 1.57 bits per heavy atom. The van der Waals surface area contributed by atoms with E-state index in [-0.39, 0.29) is 54.2 Å². The lowest BCUT2D eigenvalue weighted by molar-refractivity contribution is -0.136. The van der Waals surface area contributed by atoms with Crippen LogP contribution in [-0.4, -0.2) is 103 Å². The number of carbonyl (C=O) groups is 7. The van der Waals surface area contributed by atoms with E-state index < -0.39 is 35.8 Å². The van der Waals surface area contributed by atoms with E-state index in [0.717, 1.165) is 62.9 Å². The normalized spacial score (nSPS) is 18.6. The van der Waals surface area contributed by atoms with Gasteiger partial charge in [0.1, 0.15) is 17.9 Å². The number of imide groups is 2. The molecule has 1 unspecified atom stereocenters. The Kier molecular flexibility index (Phi) is 12.5. The van der Waals surface area contributed by atoms with Gasteiger partial charge >= 0.3 is 6.09 Å². The molecule has 3 heterocycles. The average Bonchev–Trinajstić information content (AvgIpc) is 3.28. The second-order valence-corrected chi connectivity index (χ2v) is 11.6. The third-order valence-electron chi connectivity index (χ3n) is 8.26. The van der Waals surface area contributed by atoms with Crippen molar-refractivity contribution >= 4 is 41.5 Å². The third-order valence-corrected chi connectivity index (χ3v) is 8.26. The summed E-state index contributed by atoms with van der Waals surface area (Å²) in [6.45, 7) is 2.92. The first-order valence-corrected chi connectivity index (χ1v) is 15.8. The molecular formula is C31H42N6O9. The molecule has 46 heavy (non-hydrogen) atoms. The Balaban J connectivity index is 1.04. The van der Waals surface area contributed by atoms with Gasteiger partial charge in [0, 0.05) is 45.6 Å². The molecule has 0 aliphatic carbocycles. The van der Waals surface area contributed by atoms with Crippen molar-refractivity contribution in [1.82, 2.24) is 25.8 Å². The summed E-state index contributed by atoms with van der Waals surface area (Å²) < 4.78 is 10.6. The quantitative estimate of drug-likeness (QED) is 0.146. The minimum absolute atomic E-state index is 0.00451. The van der Waals surface area contributed by atoms with Crippen LogP contribution in [0.4, 0.5) is 4.79 Å². The maximum atomic E-state index is 13.1. The molecule has 4 rings (SSSR count). The average molecular weight is 643 g/mol. The molecule has 1 aromatic carbocycles. The number of likely N-dealkylation sites (tertiary alicyclic amines) is 1. The number of amides is 7. The first-order valence-electron chi connectivity index (χ1n) is 15.8. The van der Waals surface area contributed by atoms with Crippen molar-refractivity contribution < 1.29 is 43.0 Å². The van der Waals surface area contributed by atoms with E-state index in [9.17, 15) is 33.6 Å². The van der Waals surface area contributed by atoms with Crippen molar-refractivity contribution in [3.05, 3.63) is 29.3 Å². The molecule has 3 aliphatic rings. The number of hydrogen-bond acceptors (Lipinski definition) is 10. The predicted octanol–water partition coefficient (Wildman–Crippen LogP) is 0.599. The second-order valence-electron chi connectivity index (χ2n) is 11.6. The Labute approximate surface area is 266 Å². The number of carbonyl (C=O) groups excluding carboxylic acids is 7. The molecule has 1 aromatic rings. The zero-order valence-electron chi connectivity index (χ0n) is 25.8. The van der Waals surface area contributed by atoms with Gasteiger partial charge < -0.3 is 30.7 Å². The Hall–Kier alpha value is -4.53. The molecule has 5 N–H and O–H groups in total. The van der Waals surface area contributed by atoms with Crippen LogP contribution in [-0.2, 0) is 23.9 Å². The molecular weight excluding hydrogens is 600 g/mol. The fourth-order valence-corrected chi connectivity index (χ4v) is 5.80. The van der Waals surface area contributed by atoms with Gasteiger partial charge in [-0.2, -0.15) is 0 Å². The number of fused-ring (bicyclic) bond motifs is 1. The van der Waals surface area contributed by atoms with Gasteiger partial charge in [-0.3, -0.25) is 39.0 Å². The summed E-state index contributed by atoms with van der Waals surface area (Å²) in [4.78, 5) is 88.2. The van der Waals surface area contributed by atoms with Gasteiger partial charge in [-0.25, -0.2) is 4.79 Å². The van der Waals surface area contributed by atoms with E-state index in [2.05, 4.69) is 20.9 Å². The monoisotopic (exact) mass is 642 g/mol. The van der Waals surface area contributed by atoms with E-state index in [4.69, 9.17) is 15.2 Å². The van der Waals surface area contributed by atoms with Crippen molar-refractivity contribution in [3.8, 4) is 5.75 Å². The summed E-state index contributed by atoms with van der Waals surface area (Å²) in [5.74, 6) is -2.78. The van der Waals surface area contributed by atoms with Crippen LogP contribution < -0.4 is 26.4 Å². The number of nitrogens with two attached hydrogens (primary N) is 1. The van der Waals surface area contributed by atoms with Crippen molar-refractivity contribution in [2.24, 2.45) is 5.73 Å². The van der Waals surface area contributed by atoms with Gasteiger partial charge in [0.15, 0.2) is 6.61 Å². The Bertz CT molecular complexity index is 1330. The molecule has 0 saturated carbocycles. The summed E-state index contributed by atoms with van der Waals surface area (Å²) in [5, 5.41) is 7.89. The lowest BCUT2D eigenvalue weighted by Gasteiger charge is -2.30. The molecule has 1 atom stereocenters. The number of rotatable bonds is 16. The number of unbranched alkanes of at least 4 members (excludes halogenated alkanes) is 4. The Morgan fingerprint density at radius 3 is 2.24 bits per heavy atom. The number of hydrogen-bond donors (Lipinski definition) is 4. The highest BCUT2D eigenvalue weighted by molar-refractivity contribution is 6.24. The molecule has 2 fully saturated rings. The molecule has 250 valence electrons. The van der Waals surface area contributed by atoms with Gasteiger partial charge in [-0.05, 0) is 44.2 Å². The van der Waals surface area contributed by atoms with Crippen LogP contribution in [0.5, 0.6) is 5.75 Å². The number of ether oxygens (including phenoxy) is 2. The van der Waals surface area contributed by atoms with E-state index in [1.807, 2.05) is 0 Å². The molecule has 7 amide bonds. The zero-order valence-corrected chi connectivity index (χ0v) is 25.8. The molecule has 15 heteroatoms. The van der Waals surface area contributed by atoms with Crippen LogP contribution in [0.2, 0.25) is 0 Å². The van der Waals surface area contributed by atoms with E-state index in [0.29, 0.717) is 26.1 Å². The number of primary amides is 1. The number of nitrogens with one attached hydrogen (secondary N) is 3. The highest BCUT2D eigenvalue weighted by Gasteiger charge is 2.46. The summed E-state index contributed by atoms with van der Waals surface area (Å²) in [6.07, 6.45) is 5.50. The van der Waals surface area contributed by atoms with Crippen molar-refractivity contribution in [2.45, 2.75) is 76.4 Å². The van der Waals surface area contributed by atoms with Crippen LogP contribution in [0.25, 0.3) is 0 Å². The van der Waals surface area contributed by atoms with Crippen molar-refractivity contribution in [2.75, 3.05) is 39.3 Å². The molecule has 0 bridgehead atoms. The highest BCUT2D eigenvalue weighted by Crippen LogP contribution is 2.33. The summed E-state index contributed by atoms with van der Waals surface area (Å²) in [7, 11) is 0. The third kappa shape index (κ3) is 9.49. The van der Waals surface area contributed by atoms with Crippen LogP contribution in [0, 0.1) is 0 Å². The summed E-state index contributed by atoms with van der Waals surface area (Å²) >= 11 is 0. The maximum Gasteiger partial charge on any atom is 0.404 e. The van der Waals surface area contributed by atoms with Crippen LogP contribution in [0.3, 0.4) is 0 Å². The molecule has 3 aliphatic heterocycles. The SMILES string of the molecule is NC(=O)OC1CCN(CCC(=O)NCCCCCCCNC(=O)COc2cccc3c2C(=O)N(C2CCC(=O)NC2=O)C3=O)CC1. The van der Waals surface area contributed by atoms with Crippen LogP contribution in [0.1, 0.15) is 84.9 Å². The number of nitrogens with zero attached hydrogens (tertiary/aromatic N) is 2. The standard InChI is InChI=1S/C31H42N6O9/c32-31(44)46-20-11-16-36(17-12-20)18-13-24(38)33-14-4-2-1-3-5-15-34-26(40)19-45-23-8-6-7-21-27(23)30(43)37(29(21)42)22-9-10-25(39)35-28(22)41/h6-8,20,22H,1-5,9-19H2,(H2,32,44)(H,33,38)(H,34,40)(H,35,39,41). The lowest BCUT2D eigenvalue weighted by atomic mass is 10.0. The van der Waals surface area contributed by atoms with Crippen molar-refractivity contribution in [3.63, 3.8) is 0 Å². The van der Waals surface area contributed by atoms with Gasteiger partial charge in [-0.15, -0.1) is 0 Å². The van der Waals surface area contributed by atoms with Crippen LogP contribution >= 0.6 is 0 Å². The molecule has 2 saturated heterocycles. The number of piperidine rings is 2. The first-order chi connectivity index (χ1) is 22.1. The van der Waals surface area contributed by atoms with E-state index in [1.54, 1.807) is 0 Å². The highest BCUT2D eigenvalue weighted by atomic mass is 16.6. The second kappa shape index (κ2) is 16.7. The Morgan fingerprint density at radius 1 is 0.891 bits per heavy atom. The predicted molar refractivity (Wildman–Crippen MR) is 162 cm³/mol. The molecule has 0 aromatic heterocycles. The molecule has 15 nitrogen and oxygen atoms in total. The van der Waals surface area contributed by atoms with E-state index >= 15 is 0 Å². The van der Waals surface area contributed by atoms with Gasteiger partial charge in [0.2, 0.25) is 17.7 Å². The maximum absolute atomic E-state index is 13.1. The molecule has 0 spiro atoms. The lowest BCUT2D eigenvalue weighted by Crippen LogP contribution is -2.54. The summed E-state index contributed by atoms with van der Waals surface area (Å²) in [6, 6.07) is 3.40. The first kappa shape index (κ1) is 34.3. The van der Waals surface area contributed by atoms with E-state index in [1.165, 1.54) is 18.2 Å². The fourth-order valence-electron chi connectivity index (χ4n) is 5.80. The smallest absolute Gasteiger partial charge is 0.404 e. The fraction of sp³-hybridized carbons (Fsp3) is 0.581. The van der Waals surface area contributed by atoms with Crippen LogP contribution in [0.15, 0.2) is 18.2 Å². The largest absolute Gasteiger partial charge is 0.483 e. The van der Waals surface area contributed by atoms with Gasteiger partial charge in [0.05, 0.1) is 11.1 Å². The van der Waals surface area contributed by atoms with Gasteiger partial charge in [-0.1, -0.05) is 25.3 Å². The summed E-state index contributed by atoms with van der Waals surface area (Å²) in [5.41, 5.74) is 5.14. The minimum atomic E-state index is -1.09. The minimum Gasteiger partial charge on any atom is -0.483 e. The topological polar surface area (TPSA) is 207 Å². The molecule has 0 radical (unpaired) electrons. The van der Waals surface area contributed by atoms with Gasteiger partial charge in [0.25, 0.3) is 17.7 Å². The number of benzene rings is 1.